The maximum Gasteiger partial charge on any atom is 0.0587 e. The topological polar surface area (TPSA) is 21.3 Å². The molecule has 2 nitrogen and oxygen atoms in total. The third-order valence-corrected chi connectivity index (χ3v) is 5.79. The summed E-state index contributed by atoms with van der Waals surface area (Å²) in [7, 11) is 1.79. The van der Waals surface area contributed by atoms with Gasteiger partial charge in [-0.2, -0.15) is 0 Å². The Morgan fingerprint density at radius 2 is 1.90 bits per heavy atom. The van der Waals surface area contributed by atoms with Gasteiger partial charge in [-0.25, -0.2) is 0 Å². The van der Waals surface area contributed by atoms with Gasteiger partial charge in [0.1, 0.15) is 0 Å². The van der Waals surface area contributed by atoms with E-state index in [0.717, 1.165) is 25.0 Å². The summed E-state index contributed by atoms with van der Waals surface area (Å²) in [6.45, 7) is 10.2. The van der Waals surface area contributed by atoms with Crippen molar-refractivity contribution in [3.8, 4) is 0 Å². The van der Waals surface area contributed by atoms with Gasteiger partial charge in [-0.3, -0.25) is 0 Å². The van der Waals surface area contributed by atoms with Crippen molar-refractivity contribution in [2.45, 2.75) is 78.6 Å². The van der Waals surface area contributed by atoms with Crippen LogP contribution >= 0.6 is 0 Å². The average molecular weight is 298 g/mol. The fraction of sp³-hybridized carbons (Fsp3) is 1.00. The van der Waals surface area contributed by atoms with Gasteiger partial charge < -0.3 is 10.1 Å². The van der Waals surface area contributed by atoms with Crippen molar-refractivity contribution >= 4 is 0 Å². The van der Waals surface area contributed by atoms with E-state index in [-0.39, 0.29) is 0 Å². The molecule has 0 radical (unpaired) electrons. The molecule has 126 valence electrons. The first-order valence-electron chi connectivity index (χ1n) is 9.38. The lowest BCUT2D eigenvalue weighted by Gasteiger charge is -2.45. The van der Waals surface area contributed by atoms with Crippen LogP contribution in [0.3, 0.4) is 0 Å². The smallest absolute Gasteiger partial charge is 0.0587 e. The molecule has 0 aromatic carbocycles. The van der Waals surface area contributed by atoms with Gasteiger partial charge in [0.25, 0.3) is 0 Å². The minimum Gasteiger partial charge on any atom is -0.383 e. The highest BCUT2D eigenvalue weighted by Crippen LogP contribution is 2.46. The minimum atomic E-state index is 0.548. The Morgan fingerprint density at radius 1 is 1.19 bits per heavy atom. The van der Waals surface area contributed by atoms with Crippen LogP contribution in [0.4, 0.5) is 0 Å². The van der Waals surface area contributed by atoms with Crippen molar-refractivity contribution < 1.29 is 4.74 Å². The summed E-state index contributed by atoms with van der Waals surface area (Å²) in [5, 5.41) is 3.67. The van der Waals surface area contributed by atoms with E-state index in [4.69, 9.17) is 4.74 Å². The van der Waals surface area contributed by atoms with Crippen molar-refractivity contribution in [1.29, 1.82) is 0 Å². The van der Waals surface area contributed by atoms with Crippen LogP contribution in [-0.2, 0) is 4.74 Å². The average Bonchev–Trinajstić information content (AvgIpc) is 2.51. The van der Waals surface area contributed by atoms with Crippen LogP contribution in [0, 0.1) is 17.3 Å². The van der Waals surface area contributed by atoms with Crippen LogP contribution in [0.1, 0.15) is 78.6 Å². The summed E-state index contributed by atoms with van der Waals surface area (Å²) in [4.78, 5) is 0. The Kier molecular flexibility index (Phi) is 9.59. The molecule has 0 aromatic rings. The summed E-state index contributed by atoms with van der Waals surface area (Å²) < 4.78 is 5.17. The van der Waals surface area contributed by atoms with Crippen LogP contribution < -0.4 is 5.32 Å². The van der Waals surface area contributed by atoms with Crippen molar-refractivity contribution in [1.82, 2.24) is 5.32 Å². The number of hydrogen-bond donors (Lipinski definition) is 1. The van der Waals surface area contributed by atoms with Crippen molar-refractivity contribution in [3.05, 3.63) is 0 Å². The maximum absolute atomic E-state index is 5.17. The van der Waals surface area contributed by atoms with Crippen LogP contribution in [-0.4, -0.2) is 26.8 Å². The van der Waals surface area contributed by atoms with Gasteiger partial charge >= 0.3 is 0 Å². The molecule has 1 aliphatic rings. The van der Waals surface area contributed by atoms with Gasteiger partial charge in [0.15, 0.2) is 0 Å². The third kappa shape index (κ3) is 6.28. The normalized spacial score (nSPS) is 27.7. The highest BCUT2D eigenvalue weighted by atomic mass is 16.5. The first-order chi connectivity index (χ1) is 10.2. The SMILES string of the molecule is CCCCC1CCC(CNCCOC)(C(C)CCC)CC1. The zero-order valence-corrected chi connectivity index (χ0v) is 15.0. The summed E-state index contributed by atoms with van der Waals surface area (Å²) in [6, 6.07) is 0. The fourth-order valence-electron chi connectivity index (χ4n) is 4.13. The molecule has 0 heterocycles. The molecular weight excluding hydrogens is 258 g/mol. The number of unbranched alkanes of at least 4 members (excludes halogenated alkanes) is 1. The van der Waals surface area contributed by atoms with Crippen LogP contribution in [0.25, 0.3) is 0 Å². The van der Waals surface area contributed by atoms with Gasteiger partial charge in [0.05, 0.1) is 6.61 Å². The number of methoxy groups -OCH3 is 1. The van der Waals surface area contributed by atoms with E-state index in [9.17, 15) is 0 Å². The van der Waals surface area contributed by atoms with Crippen molar-refractivity contribution in [2.75, 3.05) is 26.8 Å². The molecule has 1 rings (SSSR count). The first-order valence-corrected chi connectivity index (χ1v) is 9.38. The molecule has 0 spiro atoms. The first kappa shape index (κ1) is 19.0. The number of rotatable bonds is 11. The van der Waals surface area contributed by atoms with E-state index >= 15 is 0 Å². The molecule has 0 bridgehead atoms. The molecule has 21 heavy (non-hydrogen) atoms. The third-order valence-electron chi connectivity index (χ3n) is 5.79. The number of ether oxygens (including phenoxy) is 1. The largest absolute Gasteiger partial charge is 0.383 e. The summed E-state index contributed by atoms with van der Waals surface area (Å²) >= 11 is 0. The van der Waals surface area contributed by atoms with Gasteiger partial charge in [-0.1, -0.05) is 52.9 Å². The van der Waals surface area contributed by atoms with E-state index in [1.807, 2.05) is 0 Å². The second-order valence-electron chi connectivity index (χ2n) is 7.31. The lowest BCUT2D eigenvalue weighted by molar-refractivity contribution is 0.0693. The lowest BCUT2D eigenvalue weighted by atomic mass is 9.62. The Labute approximate surface area is 133 Å². The van der Waals surface area contributed by atoms with Gasteiger partial charge in [0, 0.05) is 20.2 Å². The monoisotopic (exact) mass is 297 g/mol. The molecule has 0 saturated heterocycles. The van der Waals surface area contributed by atoms with Crippen LogP contribution in [0.15, 0.2) is 0 Å². The van der Waals surface area contributed by atoms with Crippen molar-refractivity contribution in [2.24, 2.45) is 17.3 Å². The predicted octanol–water partition coefficient (Wildman–Crippen LogP) is 5.03. The van der Waals surface area contributed by atoms with Gasteiger partial charge in [-0.05, 0) is 42.9 Å². The molecule has 1 N–H and O–H groups in total. The van der Waals surface area contributed by atoms with E-state index in [2.05, 4.69) is 26.1 Å². The minimum absolute atomic E-state index is 0.548. The summed E-state index contributed by atoms with van der Waals surface area (Å²) in [5.41, 5.74) is 0.548. The van der Waals surface area contributed by atoms with Gasteiger partial charge in [-0.15, -0.1) is 0 Å². The fourth-order valence-corrected chi connectivity index (χ4v) is 4.13. The molecule has 0 aliphatic heterocycles. The molecule has 1 atom stereocenters. The molecule has 1 aliphatic carbocycles. The number of hydrogen-bond acceptors (Lipinski definition) is 2. The van der Waals surface area contributed by atoms with Crippen LogP contribution in [0.5, 0.6) is 0 Å². The Balaban J connectivity index is 2.50. The Hall–Kier alpha value is -0.0800. The maximum atomic E-state index is 5.17. The van der Waals surface area contributed by atoms with E-state index in [0.29, 0.717) is 5.41 Å². The highest BCUT2D eigenvalue weighted by Gasteiger charge is 2.38. The molecule has 0 amide bonds. The zero-order valence-electron chi connectivity index (χ0n) is 15.0. The van der Waals surface area contributed by atoms with E-state index in [1.54, 1.807) is 7.11 Å². The summed E-state index contributed by atoms with van der Waals surface area (Å²) in [6.07, 6.45) is 12.7. The molecule has 1 fully saturated rings. The molecular formula is C19H39NO. The zero-order chi connectivity index (χ0) is 15.6. The standard InChI is InChI=1S/C19H39NO/c1-5-7-9-18-10-12-19(13-11-18,17(3)8-6-2)16-20-14-15-21-4/h17-18,20H,5-16H2,1-4H3. The molecule has 2 heteroatoms. The second-order valence-corrected chi connectivity index (χ2v) is 7.31. The van der Waals surface area contributed by atoms with Crippen LogP contribution in [0.2, 0.25) is 0 Å². The summed E-state index contributed by atoms with van der Waals surface area (Å²) in [5.74, 6) is 1.86. The van der Waals surface area contributed by atoms with E-state index in [1.165, 1.54) is 64.3 Å². The predicted molar refractivity (Wildman–Crippen MR) is 92.7 cm³/mol. The Bertz CT molecular complexity index is 246. The lowest BCUT2D eigenvalue weighted by Crippen LogP contribution is -2.43. The molecule has 1 unspecified atom stereocenters. The highest BCUT2D eigenvalue weighted by molar-refractivity contribution is 4.91. The quantitative estimate of drug-likeness (QED) is 0.540. The van der Waals surface area contributed by atoms with E-state index < -0.39 is 0 Å². The molecule has 1 saturated carbocycles. The second kappa shape index (κ2) is 10.6. The molecule has 0 aromatic heterocycles. The Morgan fingerprint density at radius 3 is 2.48 bits per heavy atom. The van der Waals surface area contributed by atoms with Crippen molar-refractivity contribution in [3.63, 3.8) is 0 Å². The van der Waals surface area contributed by atoms with Gasteiger partial charge in [0.2, 0.25) is 0 Å². The number of nitrogens with one attached hydrogen (secondary N) is 1.